The Morgan fingerprint density at radius 2 is 1.72 bits per heavy atom. The highest BCUT2D eigenvalue weighted by molar-refractivity contribution is 6.05. The molecule has 0 aliphatic heterocycles. The Morgan fingerprint density at radius 3 is 2.36 bits per heavy atom. The third kappa shape index (κ3) is 3.95. The molecule has 1 aromatic heterocycles. The van der Waals surface area contributed by atoms with E-state index in [1.54, 1.807) is 37.3 Å². The minimum Gasteiger partial charge on any atom is -0.481 e. The molecule has 0 atom stereocenters. The Kier molecular flexibility index (Phi) is 4.66. The fourth-order valence-corrected chi connectivity index (χ4v) is 2.53. The van der Waals surface area contributed by atoms with Crippen LogP contribution in [-0.2, 0) is 11.2 Å². The van der Waals surface area contributed by atoms with Crippen LogP contribution in [0.5, 0.6) is 0 Å². The van der Waals surface area contributed by atoms with E-state index in [0.717, 1.165) is 5.56 Å². The number of carbonyl (C=O) groups is 2. The van der Waals surface area contributed by atoms with Crippen LogP contribution in [0.4, 0.5) is 5.69 Å². The minimum atomic E-state index is -0.890. The van der Waals surface area contributed by atoms with Gasteiger partial charge in [-0.15, -0.1) is 0 Å². The molecule has 0 aliphatic rings. The number of anilines is 1. The number of carboxylic acids is 1. The summed E-state index contributed by atoms with van der Waals surface area (Å²) in [5.41, 5.74) is 2.65. The quantitative estimate of drug-likeness (QED) is 0.734. The van der Waals surface area contributed by atoms with Gasteiger partial charge in [-0.3, -0.25) is 9.59 Å². The van der Waals surface area contributed by atoms with Gasteiger partial charge in [-0.25, -0.2) is 0 Å². The van der Waals surface area contributed by atoms with Crippen LogP contribution in [0.25, 0.3) is 11.3 Å². The highest BCUT2D eigenvalue weighted by Crippen LogP contribution is 2.25. The zero-order chi connectivity index (χ0) is 17.8. The number of hydrogen-bond donors (Lipinski definition) is 2. The zero-order valence-electron chi connectivity index (χ0n) is 13.7. The van der Waals surface area contributed by atoms with Gasteiger partial charge in [0.25, 0.3) is 5.91 Å². The summed E-state index contributed by atoms with van der Waals surface area (Å²) in [6, 6.07) is 18.0. The first kappa shape index (κ1) is 16.5. The molecule has 2 aromatic carbocycles. The molecule has 0 saturated heterocycles. The number of aliphatic carboxylic acids is 1. The average molecular weight is 335 g/mol. The summed E-state index contributed by atoms with van der Waals surface area (Å²) in [7, 11) is 0. The summed E-state index contributed by atoms with van der Waals surface area (Å²) in [6.07, 6.45) is -0.0461. The molecular weight excluding hydrogens is 318 g/mol. The first-order valence-corrected chi connectivity index (χ1v) is 7.81. The first-order chi connectivity index (χ1) is 12.0. The van der Waals surface area contributed by atoms with E-state index < -0.39 is 5.97 Å². The van der Waals surface area contributed by atoms with E-state index in [4.69, 9.17) is 9.52 Å². The lowest BCUT2D eigenvalue weighted by atomic mass is 10.1. The Labute approximate surface area is 144 Å². The summed E-state index contributed by atoms with van der Waals surface area (Å²) in [5, 5.41) is 11.6. The lowest BCUT2D eigenvalue weighted by molar-refractivity contribution is -0.136. The molecule has 0 unspecified atom stereocenters. The number of furan rings is 1. The summed E-state index contributed by atoms with van der Waals surface area (Å²) in [6.45, 7) is 1.75. The van der Waals surface area contributed by atoms with Crippen molar-refractivity contribution in [2.45, 2.75) is 13.3 Å². The standard InChI is InChI=1S/C20H17NO4/c1-13-17(12-18(25-13)15-5-3-2-4-6-15)20(24)21-16-9-7-14(8-10-16)11-19(22)23/h2-10,12H,11H2,1H3,(H,21,24)(H,22,23). The van der Waals surface area contributed by atoms with Gasteiger partial charge < -0.3 is 14.8 Å². The number of aryl methyl sites for hydroxylation is 1. The maximum atomic E-state index is 12.5. The number of hydrogen-bond acceptors (Lipinski definition) is 3. The Hall–Kier alpha value is -3.34. The van der Waals surface area contributed by atoms with Gasteiger partial charge in [0.15, 0.2) is 0 Å². The van der Waals surface area contributed by atoms with Crippen molar-refractivity contribution in [3.63, 3.8) is 0 Å². The Bertz CT molecular complexity index is 895. The van der Waals surface area contributed by atoms with E-state index in [9.17, 15) is 9.59 Å². The molecule has 5 nitrogen and oxygen atoms in total. The van der Waals surface area contributed by atoms with Crippen molar-refractivity contribution in [2.24, 2.45) is 0 Å². The highest BCUT2D eigenvalue weighted by atomic mass is 16.4. The van der Waals surface area contributed by atoms with E-state index in [-0.39, 0.29) is 12.3 Å². The van der Waals surface area contributed by atoms with E-state index in [0.29, 0.717) is 28.3 Å². The molecule has 2 N–H and O–H groups in total. The number of amides is 1. The minimum absolute atomic E-state index is 0.0461. The molecule has 0 aliphatic carbocycles. The average Bonchev–Trinajstić information content (AvgIpc) is 2.99. The number of rotatable bonds is 5. The van der Waals surface area contributed by atoms with Crippen LogP contribution in [0.15, 0.2) is 65.1 Å². The van der Waals surface area contributed by atoms with Gasteiger partial charge >= 0.3 is 5.97 Å². The lowest BCUT2D eigenvalue weighted by Crippen LogP contribution is -2.12. The van der Waals surface area contributed by atoms with Crippen molar-refractivity contribution in [2.75, 3.05) is 5.32 Å². The molecule has 1 heterocycles. The van der Waals surface area contributed by atoms with E-state index in [1.807, 2.05) is 30.3 Å². The third-order valence-electron chi connectivity index (χ3n) is 3.79. The second-order valence-electron chi connectivity index (χ2n) is 5.67. The van der Waals surface area contributed by atoms with Gasteiger partial charge in [0.1, 0.15) is 11.5 Å². The predicted octanol–water partition coefficient (Wildman–Crippen LogP) is 4.13. The van der Waals surface area contributed by atoms with Crippen molar-refractivity contribution in [1.29, 1.82) is 0 Å². The maximum absolute atomic E-state index is 12.5. The Morgan fingerprint density at radius 1 is 1.04 bits per heavy atom. The van der Waals surface area contributed by atoms with Gasteiger partial charge in [-0.05, 0) is 30.7 Å². The predicted molar refractivity (Wildman–Crippen MR) is 94.6 cm³/mol. The summed E-state index contributed by atoms with van der Waals surface area (Å²) < 4.78 is 5.70. The molecule has 0 spiro atoms. The van der Waals surface area contributed by atoms with E-state index in [1.165, 1.54) is 0 Å². The third-order valence-corrected chi connectivity index (χ3v) is 3.79. The maximum Gasteiger partial charge on any atom is 0.307 e. The first-order valence-electron chi connectivity index (χ1n) is 7.81. The molecule has 25 heavy (non-hydrogen) atoms. The molecule has 126 valence electrons. The van der Waals surface area contributed by atoms with Crippen molar-refractivity contribution in [1.82, 2.24) is 0 Å². The smallest absolute Gasteiger partial charge is 0.307 e. The lowest BCUT2D eigenvalue weighted by Gasteiger charge is -2.05. The number of carboxylic acid groups (broad SMARTS) is 1. The monoisotopic (exact) mass is 335 g/mol. The fraction of sp³-hybridized carbons (Fsp3) is 0.100. The summed E-state index contributed by atoms with van der Waals surface area (Å²) in [4.78, 5) is 23.2. The van der Waals surface area contributed by atoms with Gasteiger partial charge in [-0.2, -0.15) is 0 Å². The molecule has 0 saturated carbocycles. The molecule has 5 heteroatoms. The van der Waals surface area contributed by atoms with Crippen LogP contribution in [-0.4, -0.2) is 17.0 Å². The molecule has 0 bridgehead atoms. The van der Waals surface area contributed by atoms with Crippen LogP contribution in [0.2, 0.25) is 0 Å². The highest BCUT2D eigenvalue weighted by Gasteiger charge is 2.16. The van der Waals surface area contributed by atoms with Crippen LogP contribution < -0.4 is 5.32 Å². The SMILES string of the molecule is Cc1oc(-c2ccccc2)cc1C(=O)Nc1ccc(CC(=O)O)cc1. The number of carbonyl (C=O) groups excluding carboxylic acids is 1. The van der Waals surface area contributed by atoms with E-state index >= 15 is 0 Å². The second-order valence-corrected chi connectivity index (χ2v) is 5.67. The van der Waals surface area contributed by atoms with Gasteiger partial charge in [-0.1, -0.05) is 42.5 Å². The van der Waals surface area contributed by atoms with Crippen molar-refractivity contribution in [3.05, 3.63) is 77.6 Å². The summed E-state index contributed by atoms with van der Waals surface area (Å²) >= 11 is 0. The molecule has 3 rings (SSSR count). The fourth-order valence-electron chi connectivity index (χ4n) is 2.53. The topological polar surface area (TPSA) is 79.5 Å². The Balaban J connectivity index is 1.75. The number of nitrogens with one attached hydrogen (secondary N) is 1. The van der Waals surface area contributed by atoms with Crippen molar-refractivity contribution >= 4 is 17.6 Å². The van der Waals surface area contributed by atoms with Crippen LogP contribution in [0.1, 0.15) is 21.7 Å². The van der Waals surface area contributed by atoms with Gasteiger partial charge in [0, 0.05) is 11.3 Å². The molecular formula is C20H17NO4. The van der Waals surface area contributed by atoms with Crippen LogP contribution >= 0.6 is 0 Å². The van der Waals surface area contributed by atoms with Crippen LogP contribution in [0.3, 0.4) is 0 Å². The van der Waals surface area contributed by atoms with Crippen molar-refractivity contribution in [3.8, 4) is 11.3 Å². The van der Waals surface area contributed by atoms with Crippen molar-refractivity contribution < 1.29 is 19.1 Å². The second kappa shape index (κ2) is 7.05. The zero-order valence-corrected chi connectivity index (χ0v) is 13.7. The van der Waals surface area contributed by atoms with Crippen LogP contribution in [0, 0.1) is 6.92 Å². The molecule has 0 radical (unpaired) electrons. The summed E-state index contributed by atoms with van der Waals surface area (Å²) in [5.74, 6) is 0.0209. The number of benzene rings is 2. The van der Waals surface area contributed by atoms with Gasteiger partial charge in [0.2, 0.25) is 0 Å². The molecule has 1 amide bonds. The molecule has 0 fully saturated rings. The van der Waals surface area contributed by atoms with E-state index in [2.05, 4.69) is 5.32 Å². The largest absolute Gasteiger partial charge is 0.481 e. The normalized spacial score (nSPS) is 10.4. The molecule has 3 aromatic rings. The van der Waals surface area contributed by atoms with Gasteiger partial charge in [0.05, 0.1) is 12.0 Å².